The highest BCUT2D eigenvalue weighted by Gasteiger charge is 2.45. The van der Waals surface area contributed by atoms with Crippen molar-refractivity contribution < 1.29 is 14.3 Å². The second-order valence-electron chi connectivity index (χ2n) is 5.89. The highest BCUT2D eigenvalue weighted by atomic mass is 32.1. The van der Waals surface area contributed by atoms with E-state index in [0.29, 0.717) is 25.2 Å². The second kappa shape index (κ2) is 5.38. The molecule has 4 heterocycles. The lowest BCUT2D eigenvalue weighted by atomic mass is 9.92. The molecule has 0 aliphatic carbocycles. The van der Waals surface area contributed by atoms with Crippen molar-refractivity contribution in [2.24, 2.45) is 0 Å². The summed E-state index contributed by atoms with van der Waals surface area (Å²) in [6, 6.07) is 3.89. The highest BCUT2D eigenvalue weighted by Crippen LogP contribution is 2.31. The number of likely N-dealkylation sites (tertiary alicyclic amines) is 1. The van der Waals surface area contributed by atoms with Gasteiger partial charge in [0, 0.05) is 6.54 Å². The van der Waals surface area contributed by atoms with E-state index in [1.807, 2.05) is 17.5 Å². The van der Waals surface area contributed by atoms with Crippen molar-refractivity contribution in [3.8, 4) is 10.6 Å². The van der Waals surface area contributed by atoms with Crippen molar-refractivity contribution in [1.29, 1.82) is 0 Å². The first-order valence-electron chi connectivity index (χ1n) is 7.50. The lowest BCUT2D eigenvalue weighted by Crippen LogP contribution is -2.52. The number of H-pyrrole nitrogens is 1. The quantitative estimate of drug-likeness (QED) is 0.878. The molecule has 1 unspecified atom stereocenters. The summed E-state index contributed by atoms with van der Waals surface area (Å²) in [6.45, 7) is 1.53. The first-order chi connectivity index (χ1) is 11.2. The van der Waals surface area contributed by atoms with E-state index < -0.39 is 11.7 Å². The van der Waals surface area contributed by atoms with E-state index in [1.165, 1.54) is 0 Å². The van der Waals surface area contributed by atoms with Gasteiger partial charge in [0.2, 0.25) is 0 Å². The van der Waals surface area contributed by atoms with Crippen molar-refractivity contribution in [2.45, 2.75) is 18.4 Å². The SMILES string of the molecule is O=C1NCC2(CCCN(C(=O)c3cn[nH]c3-c3cccs3)C2)O1. The minimum absolute atomic E-state index is 0.0795. The van der Waals surface area contributed by atoms with E-state index in [-0.39, 0.29) is 5.91 Å². The number of hydrogen-bond donors (Lipinski definition) is 2. The van der Waals surface area contributed by atoms with Crippen LogP contribution in [0.5, 0.6) is 0 Å². The Kier molecular flexibility index (Phi) is 3.33. The van der Waals surface area contributed by atoms with Gasteiger partial charge in [0.15, 0.2) is 0 Å². The average molecular weight is 332 g/mol. The lowest BCUT2D eigenvalue weighted by Gasteiger charge is -2.38. The number of carbonyl (C=O) groups excluding carboxylic acids is 2. The summed E-state index contributed by atoms with van der Waals surface area (Å²) in [5, 5.41) is 11.6. The molecule has 0 saturated carbocycles. The Morgan fingerprint density at radius 1 is 1.48 bits per heavy atom. The molecule has 2 N–H and O–H groups in total. The van der Waals surface area contributed by atoms with Crippen LogP contribution in [-0.2, 0) is 4.74 Å². The van der Waals surface area contributed by atoms with Gasteiger partial charge < -0.3 is 15.0 Å². The molecule has 0 bridgehead atoms. The lowest BCUT2D eigenvalue weighted by molar-refractivity contribution is -0.00501. The molecular formula is C15H16N4O3S. The van der Waals surface area contributed by atoms with Crippen molar-refractivity contribution in [1.82, 2.24) is 20.4 Å². The van der Waals surface area contributed by atoms with Gasteiger partial charge in [0.05, 0.1) is 35.4 Å². The molecule has 23 heavy (non-hydrogen) atoms. The minimum atomic E-state index is -0.585. The molecule has 2 fully saturated rings. The zero-order valence-electron chi connectivity index (χ0n) is 12.4. The molecule has 2 aromatic heterocycles. The molecule has 1 spiro atoms. The second-order valence-corrected chi connectivity index (χ2v) is 6.84. The molecule has 0 aromatic carbocycles. The fourth-order valence-electron chi connectivity index (χ4n) is 3.23. The van der Waals surface area contributed by atoms with Gasteiger partial charge in [-0.25, -0.2) is 4.79 Å². The van der Waals surface area contributed by atoms with Gasteiger partial charge in [-0.1, -0.05) is 6.07 Å². The summed E-state index contributed by atoms with van der Waals surface area (Å²) in [5.74, 6) is -0.0795. The van der Waals surface area contributed by atoms with Crippen LogP contribution >= 0.6 is 11.3 Å². The molecule has 1 atom stereocenters. The fourth-order valence-corrected chi connectivity index (χ4v) is 3.96. The number of alkyl carbamates (subject to hydrolysis) is 1. The Labute approximate surface area is 136 Å². The van der Waals surface area contributed by atoms with Gasteiger partial charge in [-0.05, 0) is 24.3 Å². The van der Waals surface area contributed by atoms with Crippen LogP contribution in [0.4, 0.5) is 4.79 Å². The average Bonchev–Trinajstić information content (AvgIpc) is 3.27. The number of nitrogens with one attached hydrogen (secondary N) is 2. The highest BCUT2D eigenvalue weighted by molar-refractivity contribution is 7.13. The maximum atomic E-state index is 12.9. The van der Waals surface area contributed by atoms with Gasteiger partial charge in [0.1, 0.15) is 5.60 Å². The normalized spacial score (nSPS) is 23.8. The third-order valence-electron chi connectivity index (χ3n) is 4.33. The molecule has 2 amide bonds. The summed E-state index contributed by atoms with van der Waals surface area (Å²) in [4.78, 5) is 27.0. The predicted molar refractivity (Wildman–Crippen MR) is 84.3 cm³/mol. The van der Waals surface area contributed by atoms with Crippen molar-refractivity contribution in [3.05, 3.63) is 29.3 Å². The minimum Gasteiger partial charge on any atom is -0.439 e. The standard InChI is InChI=1S/C15H16N4O3S/c20-13(10-7-17-18-12(10)11-3-1-6-23-11)19-5-2-4-15(9-19)8-16-14(21)22-15/h1,3,6-7H,2,4-5,8-9H2,(H,16,21)(H,17,18). The summed E-state index contributed by atoms with van der Waals surface area (Å²) in [6.07, 6.45) is 2.75. The number of thiophene rings is 1. The number of rotatable bonds is 2. The Balaban J connectivity index is 1.58. The first kappa shape index (κ1) is 14.3. The van der Waals surface area contributed by atoms with E-state index in [9.17, 15) is 9.59 Å². The maximum Gasteiger partial charge on any atom is 0.407 e. The molecule has 120 valence electrons. The zero-order valence-corrected chi connectivity index (χ0v) is 13.2. The summed E-state index contributed by atoms with van der Waals surface area (Å²) in [7, 11) is 0. The molecule has 7 nitrogen and oxygen atoms in total. The van der Waals surface area contributed by atoms with E-state index in [2.05, 4.69) is 15.5 Å². The predicted octanol–water partition coefficient (Wildman–Crippen LogP) is 1.85. The largest absolute Gasteiger partial charge is 0.439 e. The Morgan fingerprint density at radius 2 is 2.39 bits per heavy atom. The van der Waals surface area contributed by atoms with Gasteiger partial charge in [-0.15, -0.1) is 11.3 Å². The summed E-state index contributed by atoms with van der Waals surface area (Å²) >= 11 is 1.56. The molecule has 4 rings (SSSR count). The van der Waals surface area contributed by atoms with Crippen LogP contribution in [-0.4, -0.2) is 52.3 Å². The number of nitrogens with zero attached hydrogens (tertiary/aromatic N) is 2. The third-order valence-corrected chi connectivity index (χ3v) is 5.22. The van der Waals surface area contributed by atoms with Gasteiger partial charge in [-0.3, -0.25) is 9.89 Å². The summed E-state index contributed by atoms with van der Waals surface area (Å²) in [5.41, 5.74) is 0.714. The number of ether oxygens (including phenoxy) is 1. The fraction of sp³-hybridized carbons (Fsp3) is 0.400. The Hall–Kier alpha value is -2.35. The van der Waals surface area contributed by atoms with Crippen LogP contribution in [0, 0.1) is 0 Å². The molecule has 2 aromatic rings. The molecule has 0 radical (unpaired) electrons. The van der Waals surface area contributed by atoms with E-state index >= 15 is 0 Å². The van der Waals surface area contributed by atoms with Crippen LogP contribution in [0.3, 0.4) is 0 Å². The Morgan fingerprint density at radius 3 is 3.13 bits per heavy atom. The maximum absolute atomic E-state index is 12.9. The molecular weight excluding hydrogens is 316 g/mol. The summed E-state index contributed by atoms with van der Waals surface area (Å²) < 4.78 is 5.42. The van der Waals surface area contributed by atoms with E-state index in [4.69, 9.17) is 4.74 Å². The molecule has 8 heteroatoms. The number of piperidine rings is 1. The zero-order chi connectivity index (χ0) is 15.9. The smallest absolute Gasteiger partial charge is 0.407 e. The topological polar surface area (TPSA) is 87.3 Å². The van der Waals surface area contributed by atoms with E-state index in [1.54, 1.807) is 22.4 Å². The molecule has 2 saturated heterocycles. The number of aromatic amines is 1. The molecule has 2 aliphatic rings. The number of hydrogen-bond acceptors (Lipinski definition) is 5. The van der Waals surface area contributed by atoms with Crippen LogP contribution in [0.25, 0.3) is 10.6 Å². The first-order valence-corrected chi connectivity index (χ1v) is 8.38. The number of aromatic nitrogens is 2. The van der Waals surface area contributed by atoms with Gasteiger partial charge >= 0.3 is 6.09 Å². The van der Waals surface area contributed by atoms with Crippen molar-refractivity contribution >= 4 is 23.3 Å². The van der Waals surface area contributed by atoms with Crippen molar-refractivity contribution in [2.75, 3.05) is 19.6 Å². The monoisotopic (exact) mass is 332 g/mol. The van der Waals surface area contributed by atoms with Crippen LogP contribution < -0.4 is 5.32 Å². The van der Waals surface area contributed by atoms with Crippen LogP contribution in [0.15, 0.2) is 23.7 Å². The number of carbonyl (C=O) groups is 2. The van der Waals surface area contributed by atoms with Crippen LogP contribution in [0.2, 0.25) is 0 Å². The van der Waals surface area contributed by atoms with Crippen molar-refractivity contribution in [3.63, 3.8) is 0 Å². The Bertz CT molecular complexity index is 742. The number of amides is 2. The third kappa shape index (κ3) is 2.48. The van der Waals surface area contributed by atoms with Gasteiger partial charge in [-0.2, -0.15) is 5.10 Å². The molecule has 2 aliphatic heterocycles. The van der Waals surface area contributed by atoms with E-state index in [0.717, 1.165) is 23.4 Å². The van der Waals surface area contributed by atoms with Crippen LogP contribution in [0.1, 0.15) is 23.2 Å². The van der Waals surface area contributed by atoms with Gasteiger partial charge in [0.25, 0.3) is 5.91 Å².